The third kappa shape index (κ3) is 5.33. The number of ether oxygens (including phenoxy) is 2. The van der Waals surface area contributed by atoms with Gasteiger partial charge in [-0.25, -0.2) is 8.42 Å². The number of rotatable bonds is 8. The van der Waals surface area contributed by atoms with Crippen molar-refractivity contribution in [1.82, 2.24) is 5.32 Å². The lowest BCUT2D eigenvalue weighted by Gasteiger charge is -2.13. The highest BCUT2D eigenvalue weighted by Crippen LogP contribution is 2.28. The Bertz CT molecular complexity index is 1240. The molecule has 0 aliphatic carbocycles. The van der Waals surface area contributed by atoms with E-state index in [4.69, 9.17) is 21.1 Å². The van der Waals surface area contributed by atoms with Crippen LogP contribution in [-0.4, -0.2) is 28.5 Å². The Morgan fingerprint density at radius 1 is 0.969 bits per heavy atom. The highest BCUT2D eigenvalue weighted by Gasteiger charge is 2.21. The van der Waals surface area contributed by atoms with Gasteiger partial charge in [-0.2, -0.15) is 0 Å². The van der Waals surface area contributed by atoms with E-state index in [1.165, 1.54) is 25.3 Å². The van der Waals surface area contributed by atoms with Crippen LogP contribution in [0.4, 0.5) is 5.69 Å². The van der Waals surface area contributed by atoms with Crippen molar-refractivity contribution in [1.29, 1.82) is 0 Å². The summed E-state index contributed by atoms with van der Waals surface area (Å²) in [6.45, 7) is 2.00. The molecule has 0 bridgehead atoms. The Morgan fingerprint density at radius 2 is 1.69 bits per heavy atom. The van der Waals surface area contributed by atoms with Crippen molar-refractivity contribution in [3.63, 3.8) is 0 Å². The highest BCUT2D eigenvalue weighted by molar-refractivity contribution is 7.92. The molecule has 32 heavy (non-hydrogen) atoms. The van der Waals surface area contributed by atoms with Gasteiger partial charge in [0, 0.05) is 12.1 Å². The lowest BCUT2D eigenvalue weighted by atomic mass is 10.1. The summed E-state index contributed by atoms with van der Waals surface area (Å²) in [5.41, 5.74) is 2.15. The van der Waals surface area contributed by atoms with Crippen LogP contribution in [0.2, 0.25) is 5.02 Å². The van der Waals surface area contributed by atoms with Gasteiger partial charge in [-0.05, 0) is 54.4 Å². The van der Waals surface area contributed by atoms with Crippen molar-refractivity contribution in [3.05, 3.63) is 82.4 Å². The van der Waals surface area contributed by atoms with E-state index >= 15 is 0 Å². The van der Waals surface area contributed by atoms with Crippen molar-refractivity contribution in [3.8, 4) is 11.5 Å². The molecule has 3 aromatic rings. The van der Waals surface area contributed by atoms with Gasteiger partial charge in [0.25, 0.3) is 15.9 Å². The van der Waals surface area contributed by atoms with E-state index in [0.29, 0.717) is 17.2 Å². The van der Waals surface area contributed by atoms with Gasteiger partial charge in [0.1, 0.15) is 4.90 Å². The monoisotopic (exact) mass is 474 g/mol. The van der Waals surface area contributed by atoms with E-state index in [0.717, 1.165) is 11.1 Å². The topological polar surface area (TPSA) is 93.7 Å². The largest absolute Gasteiger partial charge is 0.493 e. The molecular weight excluding hydrogens is 452 g/mol. The van der Waals surface area contributed by atoms with Crippen LogP contribution < -0.4 is 19.5 Å². The molecule has 0 atom stereocenters. The number of benzene rings is 3. The molecule has 0 spiro atoms. The fraction of sp³-hybridized carbons (Fsp3) is 0.174. The summed E-state index contributed by atoms with van der Waals surface area (Å²) < 4.78 is 38.8. The third-order valence-corrected chi connectivity index (χ3v) is 6.62. The molecule has 0 heterocycles. The van der Waals surface area contributed by atoms with Gasteiger partial charge in [-0.15, -0.1) is 0 Å². The molecule has 0 aliphatic rings. The van der Waals surface area contributed by atoms with Crippen LogP contribution >= 0.6 is 11.6 Å². The van der Waals surface area contributed by atoms with Gasteiger partial charge in [0.05, 0.1) is 24.9 Å². The van der Waals surface area contributed by atoms with Crippen LogP contribution in [0.1, 0.15) is 21.5 Å². The molecule has 3 aromatic carbocycles. The molecule has 0 radical (unpaired) electrons. The van der Waals surface area contributed by atoms with E-state index in [2.05, 4.69) is 10.0 Å². The normalized spacial score (nSPS) is 11.0. The fourth-order valence-corrected chi connectivity index (χ4v) is 4.67. The van der Waals surface area contributed by atoms with Gasteiger partial charge in [0.15, 0.2) is 11.5 Å². The lowest BCUT2D eigenvalue weighted by molar-refractivity contribution is 0.0950. The number of sulfonamides is 1. The van der Waals surface area contributed by atoms with Crippen molar-refractivity contribution in [2.75, 3.05) is 18.9 Å². The molecule has 0 unspecified atom stereocenters. The van der Waals surface area contributed by atoms with E-state index < -0.39 is 15.9 Å². The van der Waals surface area contributed by atoms with Crippen molar-refractivity contribution >= 4 is 33.2 Å². The van der Waals surface area contributed by atoms with Gasteiger partial charge >= 0.3 is 0 Å². The number of amides is 1. The van der Waals surface area contributed by atoms with Crippen LogP contribution in [0.5, 0.6) is 11.5 Å². The second-order valence-electron chi connectivity index (χ2n) is 6.94. The van der Waals surface area contributed by atoms with Gasteiger partial charge < -0.3 is 14.8 Å². The first-order valence-corrected chi connectivity index (χ1v) is 11.5. The maximum absolute atomic E-state index is 12.9. The van der Waals surface area contributed by atoms with Crippen LogP contribution in [0.25, 0.3) is 0 Å². The average molecular weight is 475 g/mol. The molecule has 3 rings (SSSR count). The molecule has 0 fully saturated rings. The number of nitrogens with one attached hydrogen (secondary N) is 2. The maximum atomic E-state index is 12.9. The second kappa shape index (κ2) is 9.93. The molecular formula is C23H23ClN2O5S. The quantitative estimate of drug-likeness (QED) is 0.504. The number of hydrogen-bond donors (Lipinski definition) is 2. The fourth-order valence-electron chi connectivity index (χ4n) is 3.01. The number of anilines is 1. The average Bonchev–Trinajstić information content (AvgIpc) is 2.78. The van der Waals surface area contributed by atoms with Crippen LogP contribution in [0.15, 0.2) is 65.6 Å². The summed E-state index contributed by atoms with van der Waals surface area (Å²) in [4.78, 5) is 12.5. The number of hydrogen-bond acceptors (Lipinski definition) is 5. The summed E-state index contributed by atoms with van der Waals surface area (Å²) in [6, 6.07) is 16.4. The molecule has 168 valence electrons. The minimum absolute atomic E-state index is 0.0162. The predicted molar refractivity (Wildman–Crippen MR) is 124 cm³/mol. The van der Waals surface area contributed by atoms with Gasteiger partial charge in [0.2, 0.25) is 0 Å². The van der Waals surface area contributed by atoms with E-state index in [1.54, 1.807) is 50.4 Å². The molecule has 0 aliphatic heterocycles. The summed E-state index contributed by atoms with van der Waals surface area (Å²) in [5, 5.41) is 2.78. The zero-order valence-corrected chi connectivity index (χ0v) is 19.4. The zero-order valence-electron chi connectivity index (χ0n) is 17.8. The number of para-hydroxylation sites is 1. The Balaban J connectivity index is 1.79. The first kappa shape index (κ1) is 23.4. The smallest absolute Gasteiger partial charge is 0.263 e. The summed E-state index contributed by atoms with van der Waals surface area (Å²) in [7, 11) is -0.929. The lowest BCUT2D eigenvalue weighted by Crippen LogP contribution is -2.23. The maximum Gasteiger partial charge on any atom is 0.263 e. The molecule has 1 amide bonds. The minimum atomic E-state index is -4.00. The zero-order chi connectivity index (χ0) is 23.3. The molecule has 0 saturated heterocycles. The number of aryl methyl sites for hydroxylation is 1. The Morgan fingerprint density at radius 3 is 2.38 bits per heavy atom. The Hall–Kier alpha value is -3.23. The minimum Gasteiger partial charge on any atom is -0.493 e. The Labute approximate surface area is 192 Å². The van der Waals surface area contributed by atoms with Crippen LogP contribution in [-0.2, 0) is 16.6 Å². The van der Waals surface area contributed by atoms with Crippen LogP contribution in [0, 0.1) is 6.92 Å². The molecule has 9 heteroatoms. The van der Waals surface area contributed by atoms with Gasteiger partial charge in [-0.1, -0.05) is 35.9 Å². The summed E-state index contributed by atoms with van der Waals surface area (Å²) >= 11 is 6.15. The molecule has 0 aromatic heterocycles. The van der Waals surface area contributed by atoms with Crippen molar-refractivity contribution < 1.29 is 22.7 Å². The first-order valence-electron chi connectivity index (χ1n) is 9.62. The second-order valence-corrected chi connectivity index (χ2v) is 9.00. The van der Waals surface area contributed by atoms with E-state index in [-0.39, 0.29) is 22.0 Å². The van der Waals surface area contributed by atoms with Crippen molar-refractivity contribution in [2.24, 2.45) is 0 Å². The number of carbonyl (C=O) groups excluding carboxylic acids is 1. The van der Waals surface area contributed by atoms with Gasteiger partial charge in [-0.3, -0.25) is 9.52 Å². The van der Waals surface area contributed by atoms with Crippen molar-refractivity contribution in [2.45, 2.75) is 18.4 Å². The summed E-state index contributed by atoms with van der Waals surface area (Å²) in [6.07, 6.45) is 0. The standard InChI is InChI=1S/C23H23ClN2O5S/c1-15-6-4-5-7-19(15)26-32(28,29)22-13-17(9-10-18(22)24)23(27)25-14-16-8-11-20(30-2)21(12-16)31-3/h4-13,26H,14H2,1-3H3,(H,25,27). The molecule has 0 saturated carbocycles. The summed E-state index contributed by atoms with van der Waals surface area (Å²) in [5.74, 6) is 0.682. The first-order chi connectivity index (χ1) is 15.2. The SMILES string of the molecule is COc1ccc(CNC(=O)c2ccc(Cl)c(S(=O)(=O)Nc3ccccc3C)c2)cc1OC. The number of carbonyl (C=O) groups is 1. The molecule has 2 N–H and O–H groups in total. The molecule has 7 nitrogen and oxygen atoms in total. The highest BCUT2D eigenvalue weighted by atomic mass is 35.5. The van der Waals surface area contributed by atoms with E-state index in [1.807, 2.05) is 6.07 Å². The Kier molecular flexibility index (Phi) is 7.27. The van der Waals surface area contributed by atoms with E-state index in [9.17, 15) is 13.2 Å². The number of methoxy groups -OCH3 is 2. The third-order valence-electron chi connectivity index (χ3n) is 4.77. The van der Waals surface area contributed by atoms with Crippen LogP contribution in [0.3, 0.4) is 0 Å². The number of halogens is 1. The predicted octanol–water partition coefficient (Wildman–Crippen LogP) is 4.40.